The van der Waals surface area contributed by atoms with E-state index in [1.807, 2.05) is 0 Å². The van der Waals surface area contributed by atoms with Crippen molar-refractivity contribution in [3.8, 4) is 22.3 Å². The van der Waals surface area contributed by atoms with Gasteiger partial charge in [-0.1, -0.05) is 155 Å². The molecular weight excluding hydrogens is 749 g/mol. The van der Waals surface area contributed by atoms with Crippen LogP contribution in [0.1, 0.15) is 49.9 Å². The van der Waals surface area contributed by atoms with Gasteiger partial charge in [0, 0.05) is 45.0 Å². The molecular formula is C60H46N2. The Labute approximate surface area is 364 Å². The molecule has 0 amide bonds. The van der Waals surface area contributed by atoms with Crippen LogP contribution in [-0.2, 0) is 10.8 Å². The summed E-state index contributed by atoms with van der Waals surface area (Å²) in [6.45, 7) is 9.67. The Kier molecular flexibility index (Phi) is 7.96. The zero-order valence-corrected chi connectivity index (χ0v) is 35.5. The summed E-state index contributed by atoms with van der Waals surface area (Å²) in [6, 6.07) is 76.4. The maximum absolute atomic E-state index is 2.55. The highest BCUT2D eigenvalue weighted by Crippen LogP contribution is 2.58. The summed E-state index contributed by atoms with van der Waals surface area (Å²) in [5.41, 5.74) is 17.2. The number of hydrogen-bond donors (Lipinski definition) is 0. The van der Waals surface area contributed by atoms with Crippen molar-refractivity contribution in [1.29, 1.82) is 0 Å². The molecule has 0 fully saturated rings. The van der Waals surface area contributed by atoms with E-state index < -0.39 is 0 Å². The number of anilines is 6. The zero-order valence-electron chi connectivity index (χ0n) is 35.5. The fourth-order valence-corrected chi connectivity index (χ4v) is 10.8. The summed E-state index contributed by atoms with van der Waals surface area (Å²) in [4.78, 5) is 4.82. The second kappa shape index (κ2) is 13.5. The van der Waals surface area contributed by atoms with Gasteiger partial charge in [0.2, 0.25) is 0 Å². The summed E-state index contributed by atoms with van der Waals surface area (Å²) < 4.78 is 0. The van der Waals surface area contributed by atoms with E-state index >= 15 is 0 Å². The predicted octanol–water partition coefficient (Wildman–Crippen LogP) is 16.7. The van der Waals surface area contributed by atoms with E-state index in [4.69, 9.17) is 0 Å². The minimum absolute atomic E-state index is 0.236. The quantitative estimate of drug-likeness (QED) is 0.165. The standard InChI is InChI=1S/C60H46N2/c1-59(2)53-25-15-24-51-57-50-33-31-48(62(44-22-9-6-10-23-44)46-29-27-40-17-12-14-19-42(40)35-46)37-55(50)60(3,4)56(57)38-52(58(51)53)49-32-30-47(36-54(49)59)61(43-20-7-5-8-21-43)45-28-26-39-16-11-13-18-41(39)34-45/h5-38H,1-4H3. The number of nitrogens with zero attached hydrogens (tertiary/aromatic N) is 2. The number of hydrogen-bond acceptors (Lipinski definition) is 2. The number of rotatable bonds is 6. The van der Waals surface area contributed by atoms with Crippen molar-refractivity contribution in [3.05, 3.63) is 229 Å². The Bertz CT molecular complexity index is 3410. The van der Waals surface area contributed by atoms with E-state index in [2.05, 4.69) is 244 Å². The average Bonchev–Trinajstić information content (AvgIpc) is 3.54. The SMILES string of the molecule is CC1(C)c2cc(N(c3ccccc3)c3ccc4ccccc4c3)ccc2-c2c1cc1c3c(cccc23)C(C)(C)c2cc(N(c3ccccc3)c3ccc4ccccc4c3)ccc2-1. The third-order valence-corrected chi connectivity index (χ3v) is 13.9. The Morgan fingerprint density at radius 1 is 0.290 bits per heavy atom. The molecule has 2 heteroatoms. The first-order valence-electron chi connectivity index (χ1n) is 21.8. The van der Waals surface area contributed by atoms with Gasteiger partial charge in [0.1, 0.15) is 0 Å². The lowest BCUT2D eigenvalue weighted by Crippen LogP contribution is -2.25. The van der Waals surface area contributed by atoms with Crippen LogP contribution < -0.4 is 9.80 Å². The first kappa shape index (κ1) is 36.4. The Balaban J connectivity index is 1.02. The van der Waals surface area contributed by atoms with Gasteiger partial charge in [0.25, 0.3) is 0 Å². The molecule has 62 heavy (non-hydrogen) atoms. The molecule has 0 atom stereocenters. The molecule has 296 valence electrons. The third kappa shape index (κ3) is 5.43. The fraction of sp³-hybridized carbons (Fsp3) is 0.100. The number of para-hydroxylation sites is 2. The van der Waals surface area contributed by atoms with E-state index in [0.29, 0.717) is 0 Å². The molecule has 0 N–H and O–H groups in total. The lowest BCUT2D eigenvalue weighted by atomic mass is 9.67. The lowest BCUT2D eigenvalue weighted by molar-refractivity contribution is 0.644. The fourth-order valence-electron chi connectivity index (χ4n) is 10.8. The van der Waals surface area contributed by atoms with E-state index in [1.165, 1.54) is 76.8 Å². The monoisotopic (exact) mass is 794 g/mol. The van der Waals surface area contributed by atoms with Crippen LogP contribution in [0.4, 0.5) is 34.1 Å². The zero-order chi connectivity index (χ0) is 41.7. The summed E-state index contributed by atoms with van der Waals surface area (Å²) in [5.74, 6) is 0. The van der Waals surface area contributed by atoms with Gasteiger partial charge in [-0.05, 0) is 156 Å². The second-order valence-electron chi connectivity index (χ2n) is 18.2. The molecule has 2 aliphatic rings. The van der Waals surface area contributed by atoms with E-state index in [9.17, 15) is 0 Å². The minimum atomic E-state index is -0.241. The summed E-state index contributed by atoms with van der Waals surface area (Å²) >= 11 is 0. The molecule has 12 rings (SSSR count). The third-order valence-electron chi connectivity index (χ3n) is 13.9. The van der Waals surface area contributed by atoms with E-state index in [0.717, 1.165) is 34.1 Å². The lowest BCUT2D eigenvalue weighted by Gasteiger charge is -2.37. The maximum atomic E-state index is 2.55. The molecule has 10 aromatic rings. The molecule has 0 unspecified atom stereocenters. The molecule has 0 spiro atoms. The Hall–Kier alpha value is -7.42. The van der Waals surface area contributed by atoms with Gasteiger partial charge >= 0.3 is 0 Å². The van der Waals surface area contributed by atoms with Crippen molar-refractivity contribution < 1.29 is 0 Å². The van der Waals surface area contributed by atoms with Gasteiger partial charge in [-0.25, -0.2) is 0 Å². The molecule has 10 aromatic carbocycles. The first-order valence-corrected chi connectivity index (χ1v) is 21.8. The molecule has 0 aliphatic heterocycles. The smallest absolute Gasteiger partial charge is 0.0468 e. The van der Waals surface area contributed by atoms with Crippen LogP contribution in [-0.4, -0.2) is 0 Å². The van der Waals surface area contributed by atoms with Crippen molar-refractivity contribution in [2.24, 2.45) is 0 Å². The first-order chi connectivity index (χ1) is 30.3. The van der Waals surface area contributed by atoms with Gasteiger partial charge < -0.3 is 9.80 Å². The van der Waals surface area contributed by atoms with Crippen molar-refractivity contribution >= 4 is 66.4 Å². The number of benzene rings is 10. The molecule has 0 radical (unpaired) electrons. The molecule has 0 aromatic heterocycles. The summed E-state index contributed by atoms with van der Waals surface area (Å²) in [5, 5.41) is 7.67. The van der Waals surface area contributed by atoms with Gasteiger partial charge in [0.05, 0.1) is 0 Å². The average molecular weight is 795 g/mol. The van der Waals surface area contributed by atoms with Crippen LogP contribution in [0.3, 0.4) is 0 Å². The van der Waals surface area contributed by atoms with Gasteiger partial charge in [-0.15, -0.1) is 0 Å². The minimum Gasteiger partial charge on any atom is -0.310 e. The Morgan fingerprint density at radius 2 is 0.742 bits per heavy atom. The largest absolute Gasteiger partial charge is 0.310 e. The van der Waals surface area contributed by atoms with Gasteiger partial charge in [-0.3, -0.25) is 0 Å². The van der Waals surface area contributed by atoms with Gasteiger partial charge in [-0.2, -0.15) is 0 Å². The molecule has 0 bridgehead atoms. The number of fused-ring (bicyclic) bond motifs is 8. The highest BCUT2D eigenvalue weighted by atomic mass is 15.1. The van der Waals surface area contributed by atoms with Crippen LogP contribution in [0, 0.1) is 0 Å². The summed E-state index contributed by atoms with van der Waals surface area (Å²) in [7, 11) is 0. The normalized spacial score (nSPS) is 14.1. The Morgan fingerprint density at radius 3 is 1.31 bits per heavy atom. The van der Waals surface area contributed by atoms with Crippen LogP contribution in [0.15, 0.2) is 206 Å². The highest BCUT2D eigenvalue weighted by Gasteiger charge is 2.41. The van der Waals surface area contributed by atoms with E-state index in [1.54, 1.807) is 0 Å². The molecule has 2 aliphatic carbocycles. The van der Waals surface area contributed by atoms with Crippen molar-refractivity contribution in [2.45, 2.75) is 38.5 Å². The molecule has 0 saturated heterocycles. The molecule has 0 heterocycles. The van der Waals surface area contributed by atoms with E-state index in [-0.39, 0.29) is 10.8 Å². The van der Waals surface area contributed by atoms with Crippen LogP contribution in [0.2, 0.25) is 0 Å². The topological polar surface area (TPSA) is 6.48 Å². The van der Waals surface area contributed by atoms with Crippen molar-refractivity contribution in [3.63, 3.8) is 0 Å². The van der Waals surface area contributed by atoms with Crippen LogP contribution in [0.5, 0.6) is 0 Å². The van der Waals surface area contributed by atoms with Crippen molar-refractivity contribution in [1.82, 2.24) is 0 Å². The summed E-state index contributed by atoms with van der Waals surface area (Å²) in [6.07, 6.45) is 0. The highest BCUT2D eigenvalue weighted by molar-refractivity contribution is 6.13. The van der Waals surface area contributed by atoms with Crippen LogP contribution >= 0.6 is 0 Å². The van der Waals surface area contributed by atoms with Crippen LogP contribution in [0.25, 0.3) is 54.6 Å². The molecule has 0 saturated carbocycles. The molecule has 2 nitrogen and oxygen atoms in total. The van der Waals surface area contributed by atoms with Crippen molar-refractivity contribution in [2.75, 3.05) is 9.80 Å². The van der Waals surface area contributed by atoms with Gasteiger partial charge in [0.15, 0.2) is 0 Å². The predicted molar refractivity (Wildman–Crippen MR) is 263 cm³/mol. The maximum Gasteiger partial charge on any atom is 0.0468 e. The second-order valence-corrected chi connectivity index (χ2v) is 18.2.